The molecule has 0 aromatic carbocycles. The number of allylic oxidation sites excluding steroid dienone is 4. The van der Waals surface area contributed by atoms with E-state index in [1.807, 2.05) is 0 Å². The van der Waals surface area contributed by atoms with Gasteiger partial charge in [-0.1, -0.05) is 33.3 Å². The second-order valence-corrected chi connectivity index (χ2v) is 4.81. The van der Waals surface area contributed by atoms with Crippen LogP contribution in [-0.2, 0) is 21.2 Å². The van der Waals surface area contributed by atoms with Crippen LogP contribution in [0, 0.1) is 26.3 Å². The van der Waals surface area contributed by atoms with Gasteiger partial charge in [0, 0.05) is 7.11 Å². The van der Waals surface area contributed by atoms with Crippen molar-refractivity contribution in [3.05, 3.63) is 37.1 Å². The molecule has 0 aromatic rings. The van der Waals surface area contributed by atoms with Gasteiger partial charge in [0.2, 0.25) is 0 Å². The first-order chi connectivity index (χ1) is 7.95. The molecule has 3 nitrogen and oxygen atoms in total. The molecule has 1 unspecified atom stereocenters. The third-order valence-corrected chi connectivity index (χ3v) is 2.24. The van der Waals surface area contributed by atoms with Crippen molar-refractivity contribution in [1.82, 2.24) is 0 Å². The van der Waals surface area contributed by atoms with E-state index < -0.39 is 17.9 Å². The fraction of sp³-hybridized carbons (Fsp3) is 0.538. The van der Waals surface area contributed by atoms with E-state index in [4.69, 9.17) is 13.5 Å². The molecule has 1 rings (SSSR count). The molecule has 7 heteroatoms. The van der Waals surface area contributed by atoms with Crippen LogP contribution >= 0.6 is 24.8 Å². The summed E-state index contributed by atoms with van der Waals surface area (Å²) >= 11 is -0.722. The average molecular weight is 380 g/mol. The molecule has 0 aliphatic heterocycles. The van der Waals surface area contributed by atoms with Gasteiger partial charge < -0.3 is 24.6 Å². The zero-order valence-corrected chi connectivity index (χ0v) is 17.9. The van der Waals surface area contributed by atoms with Gasteiger partial charge >= 0.3 is 28.8 Å². The summed E-state index contributed by atoms with van der Waals surface area (Å²) in [5, 5.41) is 14.5. The molecule has 124 valence electrons. The van der Waals surface area contributed by atoms with Crippen molar-refractivity contribution in [3.8, 4) is 0 Å². The number of hydrogen-bond acceptors (Lipinski definition) is 3. The second-order valence-electron chi connectivity index (χ2n) is 3.17. The Bertz CT molecular complexity index is 289. The second kappa shape index (κ2) is 28.0. The minimum absolute atomic E-state index is 0. The van der Waals surface area contributed by atoms with Crippen LogP contribution in [0.25, 0.3) is 0 Å². The molecule has 0 aromatic heterocycles. The molecule has 0 fully saturated rings. The number of rotatable bonds is 0. The number of aliphatic hydroxyl groups excluding tert-OH is 2. The Morgan fingerprint density at radius 1 is 1.30 bits per heavy atom. The zero-order chi connectivity index (χ0) is 14.4. The molecule has 0 amide bonds. The summed E-state index contributed by atoms with van der Waals surface area (Å²) in [7, 11) is 2.54. The van der Waals surface area contributed by atoms with Gasteiger partial charge in [-0.15, -0.1) is 31.7 Å². The van der Waals surface area contributed by atoms with E-state index >= 15 is 0 Å². The summed E-state index contributed by atoms with van der Waals surface area (Å²) < 4.78 is 9.07. The summed E-state index contributed by atoms with van der Waals surface area (Å²) in [6, 6.07) is 0. The predicted octanol–water partition coefficient (Wildman–Crippen LogP) is 2.40. The normalized spacial score (nSPS) is 13.8. The summed E-state index contributed by atoms with van der Waals surface area (Å²) in [5.41, 5.74) is 4.25. The molecule has 20 heavy (non-hydrogen) atoms. The third-order valence-electron chi connectivity index (χ3n) is 2.24. The third kappa shape index (κ3) is 21.0. The Labute approximate surface area is 148 Å². The molecule has 2 N–H and O–H groups in total. The van der Waals surface area contributed by atoms with Crippen LogP contribution in [0.5, 0.6) is 0 Å². The molecular formula is C13H29Cl2O3SiTi-3. The first kappa shape index (κ1) is 37.2. The molecular weight excluding hydrogens is 351 g/mol. The minimum atomic E-state index is -0.722. The van der Waals surface area contributed by atoms with Crippen molar-refractivity contribution in [1.29, 1.82) is 0 Å². The van der Waals surface area contributed by atoms with Crippen molar-refractivity contribution in [2.24, 2.45) is 5.92 Å². The standard InChI is InChI=1S/C9H13.C2H5O.CH4O.CH3.2ClH.O.H2Si.Ti/c1-6-5-7(2)9(4)8(6)3;1-2-3;1-2;;;;;;/h6H,1-4H3;3H,1-2H2;2H,1H3;1H3;2*1H;;1H2;/q2*-1;;-1;;;;;. The van der Waals surface area contributed by atoms with Crippen LogP contribution in [0.4, 0.5) is 0 Å². The average Bonchev–Trinajstić information content (AvgIpc) is 2.51. The van der Waals surface area contributed by atoms with Crippen LogP contribution in [0.2, 0.25) is 0 Å². The first-order valence-electron chi connectivity index (χ1n) is 5.23. The first-order valence-corrected chi connectivity index (χ1v) is 9.88. The fourth-order valence-corrected chi connectivity index (χ4v) is 1.16. The molecule has 0 saturated heterocycles. The Balaban J connectivity index is -0.0000000388. The van der Waals surface area contributed by atoms with Crippen molar-refractivity contribution >= 4 is 32.4 Å². The van der Waals surface area contributed by atoms with E-state index in [0.717, 1.165) is 7.11 Å². The van der Waals surface area contributed by atoms with Gasteiger partial charge in [-0.05, 0) is 0 Å². The number of hydrogen-bond donors (Lipinski definition) is 2. The summed E-state index contributed by atoms with van der Waals surface area (Å²) in [6.45, 7) is 11.7. The maximum absolute atomic E-state index is 9.07. The Morgan fingerprint density at radius 3 is 1.60 bits per heavy atom. The molecule has 0 heterocycles. The maximum atomic E-state index is 9.07. The van der Waals surface area contributed by atoms with E-state index in [-0.39, 0.29) is 38.8 Å². The Kier molecular flexibility index (Phi) is 52.0. The van der Waals surface area contributed by atoms with Crippen LogP contribution < -0.4 is 0 Å². The van der Waals surface area contributed by atoms with Crippen molar-refractivity contribution in [2.75, 3.05) is 13.7 Å². The molecule has 0 saturated carbocycles. The summed E-state index contributed by atoms with van der Waals surface area (Å²) in [4.78, 5) is 0. The van der Waals surface area contributed by atoms with E-state index in [0.29, 0.717) is 5.92 Å². The monoisotopic (exact) mass is 379 g/mol. The van der Waals surface area contributed by atoms with E-state index in [2.05, 4.69) is 40.7 Å². The Morgan fingerprint density at radius 2 is 1.55 bits per heavy atom. The summed E-state index contributed by atoms with van der Waals surface area (Å²) in [5.74, 6) is 0.560. The van der Waals surface area contributed by atoms with Crippen molar-refractivity contribution in [3.63, 3.8) is 0 Å². The van der Waals surface area contributed by atoms with Crippen LogP contribution in [-0.4, -0.2) is 31.6 Å². The van der Waals surface area contributed by atoms with Gasteiger partial charge in [0.1, 0.15) is 0 Å². The van der Waals surface area contributed by atoms with Gasteiger partial charge in [-0.25, -0.2) is 5.57 Å². The topological polar surface area (TPSA) is 57.5 Å². The zero-order valence-electron chi connectivity index (χ0n) is 13.3. The molecule has 0 spiro atoms. The van der Waals surface area contributed by atoms with Gasteiger partial charge in [0.05, 0.1) is 0 Å². The van der Waals surface area contributed by atoms with Crippen LogP contribution in [0.15, 0.2) is 16.7 Å². The summed E-state index contributed by atoms with van der Waals surface area (Å²) in [6.07, 6.45) is 3.36. The molecule has 1 aliphatic carbocycles. The molecule has 1 aliphatic rings. The molecule has 0 radical (unpaired) electrons. The van der Waals surface area contributed by atoms with E-state index in [1.54, 1.807) is 7.63 Å². The Hall–Kier alpha value is 0.711. The van der Waals surface area contributed by atoms with Crippen molar-refractivity contribution < 1.29 is 31.4 Å². The molecule has 1 atom stereocenters. The van der Waals surface area contributed by atoms with Crippen LogP contribution in [0.3, 0.4) is 0 Å². The molecule has 0 bridgehead atoms. The number of aliphatic hydroxyl groups is 2. The van der Waals surface area contributed by atoms with Crippen LogP contribution in [0.1, 0.15) is 27.7 Å². The number of halogens is 2. The van der Waals surface area contributed by atoms with Crippen molar-refractivity contribution in [2.45, 2.75) is 27.7 Å². The van der Waals surface area contributed by atoms with Gasteiger partial charge in [0.25, 0.3) is 0 Å². The van der Waals surface area contributed by atoms with E-state index in [1.165, 1.54) is 16.7 Å². The fourth-order valence-electron chi connectivity index (χ4n) is 1.16. The van der Waals surface area contributed by atoms with Gasteiger partial charge in [-0.3, -0.25) is 6.08 Å². The quantitative estimate of drug-likeness (QED) is 0.501. The van der Waals surface area contributed by atoms with E-state index in [9.17, 15) is 0 Å². The predicted molar refractivity (Wildman–Crippen MR) is 90.7 cm³/mol. The van der Waals surface area contributed by atoms with Gasteiger partial charge in [-0.2, -0.15) is 11.1 Å². The van der Waals surface area contributed by atoms with Gasteiger partial charge in [0.15, 0.2) is 0 Å². The SMILES string of the molecule is CC1=[C-]C(C)C(C)=C1C.CO.Cl.Cl.[CH2-]CO.[CH3-].[O]=[Ti]=[SiH2].